The third-order valence-corrected chi connectivity index (χ3v) is 3.15. The largest absolute Gasteiger partial charge is 0.352 e. The van der Waals surface area contributed by atoms with Gasteiger partial charge in [-0.25, -0.2) is 4.79 Å². The molecule has 0 saturated heterocycles. The SMILES string of the molecule is O=C(CSc1ccc2ccccc2c1)OO. The first-order valence-electron chi connectivity index (χ1n) is 4.75. The molecule has 0 unspecified atom stereocenters. The minimum atomic E-state index is -0.641. The molecule has 4 heteroatoms. The summed E-state index contributed by atoms with van der Waals surface area (Å²) in [5.74, 6) is -0.535. The number of hydrogen-bond acceptors (Lipinski definition) is 4. The molecule has 0 aliphatic rings. The molecule has 0 fully saturated rings. The summed E-state index contributed by atoms with van der Waals surface area (Å²) in [5, 5.41) is 10.4. The molecular formula is C12H10O3S. The summed E-state index contributed by atoms with van der Waals surface area (Å²) >= 11 is 1.33. The van der Waals surface area contributed by atoms with Crippen molar-refractivity contribution in [3.8, 4) is 0 Å². The van der Waals surface area contributed by atoms with Gasteiger partial charge in [0.25, 0.3) is 0 Å². The van der Waals surface area contributed by atoms with E-state index < -0.39 is 5.97 Å². The number of carbonyl (C=O) groups is 1. The lowest BCUT2D eigenvalue weighted by Gasteiger charge is -2.02. The van der Waals surface area contributed by atoms with E-state index in [1.807, 2.05) is 42.5 Å². The van der Waals surface area contributed by atoms with Crippen molar-refractivity contribution in [1.29, 1.82) is 0 Å². The number of hydrogen-bond donors (Lipinski definition) is 1. The summed E-state index contributed by atoms with van der Waals surface area (Å²) in [6.45, 7) is 0. The van der Waals surface area contributed by atoms with Gasteiger partial charge in [-0.05, 0) is 22.9 Å². The third-order valence-electron chi connectivity index (χ3n) is 2.18. The minimum absolute atomic E-state index is 0.106. The van der Waals surface area contributed by atoms with Crippen molar-refractivity contribution in [3.63, 3.8) is 0 Å². The van der Waals surface area contributed by atoms with Gasteiger partial charge in [-0.1, -0.05) is 30.3 Å². The summed E-state index contributed by atoms with van der Waals surface area (Å²) in [4.78, 5) is 15.3. The van der Waals surface area contributed by atoms with E-state index in [-0.39, 0.29) is 5.75 Å². The fourth-order valence-corrected chi connectivity index (χ4v) is 2.14. The van der Waals surface area contributed by atoms with Crippen LogP contribution in [0.15, 0.2) is 47.4 Å². The van der Waals surface area contributed by atoms with E-state index >= 15 is 0 Å². The normalized spacial score (nSPS) is 10.3. The highest BCUT2D eigenvalue weighted by molar-refractivity contribution is 8.00. The quantitative estimate of drug-likeness (QED) is 0.504. The first-order chi connectivity index (χ1) is 7.79. The Morgan fingerprint density at radius 1 is 1.19 bits per heavy atom. The lowest BCUT2D eigenvalue weighted by molar-refractivity contribution is -0.230. The van der Waals surface area contributed by atoms with E-state index in [9.17, 15) is 4.79 Å². The van der Waals surface area contributed by atoms with Gasteiger partial charge < -0.3 is 4.89 Å². The van der Waals surface area contributed by atoms with Crippen molar-refractivity contribution in [2.75, 3.05) is 5.75 Å². The maximum absolute atomic E-state index is 10.8. The van der Waals surface area contributed by atoms with Crippen LogP contribution in [0.25, 0.3) is 10.8 Å². The van der Waals surface area contributed by atoms with E-state index in [4.69, 9.17) is 5.26 Å². The summed E-state index contributed by atoms with van der Waals surface area (Å²) in [6, 6.07) is 14.0. The smallest absolute Gasteiger partial charge is 0.300 e. The molecule has 2 aromatic rings. The molecule has 2 rings (SSSR count). The Morgan fingerprint density at radius 2 is 1.94 bits per heavy atom. The van der Waals surface area contributed by atoms with Crippen molar-refractivity contribution >= 4 is 28.5 Å². The highest BCUT2D eigenvalue weighted by Gasteiger charge is 2.03. The molecule has 0 heterocycles. The summed E-state index contributed by atoms with van der Waals surface area (Å²) in [5.41, 5.74) is 0. The van der Waals surface area contributed by atoms with Crippen molar-refractivity contribution in [1.82, 2.24) is 0 Å². The molecule has 0 aliphatic heterocycles. The monoisotopic (exact) mass is 234 g/mol. The van der Waals surface area contributed by atoms with Gasteiger partial charge in [-0.15, -0.1) is 11.8 Å². The van der Waals surface area contributed by atoms with Crippen molar-refractivity contribution in [2.24, 2.45) is 0 Å². The summed E-state index contributed by atoms with van der Waals surface area (Å²) in [7, 11) is 0. The highest BCUT2D eigenvalue weighted by atomic mass is 32.2. The Bertz CT molecular complexity index is 510. The average molecular weight is 234 g/mol. The highest BCUT2D eigenvalue weighted by Crippen LogP contribution is 2.23. The molecule has 0 aliphatic carbocycles. The van der Waals surface area contributed by atoms with Crippen LogP contribution in [0.5, 0.6) is 0 Å². The van der Waals surface area contributed by atoms with Crippen LogP contribution < -0.4 is 0 Å². The first-order valence-corrected chi connectivity index (χ1v) is 5.74. The number of benzene rings is 2. The molecule has 0 amide bonds. The predicted octanol–water partition coefficient (Wildman–Crippen LogP) is 2.95. The summed E-state index contributed by atoms with van der Waals surface area (Å²) < 4.78 is 0. The van der Waals surface area contributed by atoms with Crippen molar-refractivity contribution in [2.45, 2.75) is 4.90 Å². The van der Waals surface area contributed by atoms with Gasteiger partial charge in [-0.2, -0.15) is 5.26 Å². The lowest BCUT2D eigenvalue weighted by atomic mass is 10.1. The van der Waals surface area contributed by atoms with Crippen molar-refractivity contribution in [3.05, 3.63) is 42.5 Å². The maximum atomic E-state index is 10.8. The fraction of sp³-hybridized carbons (Fsp3) is 0.0833. The second kappa shape index (κ2) is 5.01. The number of carbonyl (C=O) groups excluding carboxylic acids is 1. The van der Waals surface area contributed by atoms with Gasteiger partial charge in [0.1, 0.15) is 0 Å². The van der Waals surface area contributed by atoms with Gasteiger partial charge in [0.2, 0.25) is 0 Å². The molecule has 3 nitrogen and oxygen atoms in total. The molecule has 16 heavy (non-hydrogen) atoms. The van der Waals surface area contributed by atoms with Crippen LogP contribution in [0.1, 0.15) is 0 Å². The third kappa shape index (κ3) is 2.53. The molecule has 0 bridgehead atoms. The van der Waals surface area contributed by atoms with Crippen LogP contribution in [0.3, 0.4) is 0 Å². The molecule has 0 radical (unpaired) electrons. The number of thioether (sulfide) groups is 1. The fourth-order valence-electron chi connectivity index (χ4n) is 1.43. The second-order valence-corrected chi connectivity index (χ2v) is 4.31. The molecular weight excluding hydrogens is 224 g/mol. The van der Waals surface area contributed by atoms with Crippen molar-refractivity contribution < 1.29 is 14.9 Å². The maximum Gasteiger partial charge on any atom is 0.352 e. The average Bonchev–Trinajstić information content (AvgIpc) is 2.35. The summed E-state index contributed by atoms with van der Waals surface area (Å²) in [6.07, 6.45) is 0. The topological polar surface area (TPSA) is 46.5 Å². The standard InChI is InChI=1S/C12H10O3S/c13-12(15-14)8-16-11-6-5-9-3-1-2-4-10(9)7-11/h1-7,14H,8H2. The van der Waals surface area contributed by atoms with Gasteiger partial charge >= 0.3 is 5.97 Å². The predicted molar refractivity (Wildman–Crippen MR) is 63.4 cm³/mol. The van der Waals surface area contributed by atoms with Gasteiger partial charge in [-0.3, -0.25) is 0 Å². The molecule has 2 aromatic carbocycles. The van der Waals surface area contributed by atoms with Crippen LogP contribution in [-0.2, 0) is 9.68 Å². The lowest BCUT2D eigenvalue weighted by Crippen LogP contribution is -2.03. The molecule has 0 saturated carbocycles. The zero-order valence-corrected chi connectivity index (χ0v) is 9.24. The van der Waals surface area contributed by atoms with Crippen LogP contribution >= 0.6 is 11.8 Å². The second-order valence-electron chi connectivity index (χ2n) is 3.26. The van der Waals surface area contributed by atoms with E-state index in [2.05, 4.69) is 4.89 Å². The van der Waals surface area contributed by atoms with E-state index in [1.165, 1.54) is 11.8 Å². The molecule has 1 N–H and O–H groups in total. The Kier molecular flexibility index (Phi) is 3.44. The van der Waals surface area contributed by atoms with Crippen LogP contribution in [0, 0.1) is 0 Å². The zero-order valence-electron chi connectivity index (χ0n) is 8.42. The van der Waals surface area contributed by atoms with E-state index in [0.29, 0.717) is 0 Å². The first kappa shape index (κ1) is 11.0. The molecule has 0 spiro atoms. The number of fused-ring (bicyclic) bond motifs is 1. The van der Waals surface area contributed by atoms with Crippen LogP contribution in [0.4, 0.5) is 0 Å². The number of rotatable bonds is 3. The Hall–Kier alpha value is -1.52. The zero-order chi connectivity index (χ0) is 11.4. The Labute approximate surface area is 97.0 Å². The van der Waals surface area contributed by atoms with E-state index in [1.54, 1.807) is 0 Å². The van der Waals surface area contributed by atoms with Gasteiger partial charge in [0.15, 0.2) is 0 Å². The van der Waals surface area contributed by atoms with E-state index in [0.717, 1.165) is 15.7 Å². The van der Waals surface area contributed by atoms with Gasteiger partial charge in [0.05, 0.1) is 5.75 Å². The molecule has 0 atom stereocenters. The molecule has 82 valence electrons. The van der Waals surface area contributed by atoms with Crippen LogP contribution in [-0.4, -0.2) is 17.0 Å². The minimum Gasteiger partial charge on any atom is -0.300 e. The molecule has 0 aromatic heterocycles. The van der Waals surface area contributed by atoms with Gasteiger partial charge in [0, 0.05) is 4.90 Å². The van der Waals surface area contributed by atoms with Crippen LogP contribution in [0.2, 0.25) is 0 Å². The Balaban J connectivity index is 2.16. The Morgan fingerprint density at radius 3 is 2.69 bits per heavy atom.